The third-order valence-electron chi connectivity index (χ3n) is 3.34. The number of nitrogens with zero attached hydrogens (tertiary/aromatic N) is 2. The summed E-state index contributed by atoms with van der Waals surface area (Å²) in [4.78, 5) is 35.5. The second-order valence-corrected chi connectivity index (χ2v) is 4.84. The van der Waals surface area contributed by atoms with E-state index in [-0.39, 0.29) is 30.3 Å². The van der Waals surface area contributed by atoms with E-state index in [0.29, 0.717) is 18.5 Å². The van der Waals surface area contributed by atoms with Crippen molar-refractivity contribution in [2.24, 2.45) is 0 Å². The first kappa shape index (κ1) is 14.2. The molecule has 1 heterocycles. The second kappa shape index (κ2) is 5.81. The van der Waals surface area contributed by atoms with E-state index in [0.717, 1.165) is 12.0 Å². The van der Waals surface area contributed by atoms with E-state index in [1.54, 1.807) is 6.07 Å². The first-order chi connectivity index (χ1) is 9.52. The molecule has 0 aromatic heterocycles. The van der Waals surface area contributed by atoms with E-state index >= 15 is 0 Å². The molecule has 0 saturated heterocycles. The molecule has 0 N–H and O–H groups in total. The Kier molecular flexibility index (Phi) is 4.12. The van der Waals surface area contributed by atoms with E-state index in [4.69, 9.17) is 0 Å². The molecule has 20 heavy (non-hydrogen) atoms. The monoisotopic (exact) mass is 276 g/mol. The minimum Gasteiger partial charge on any atom is -0.305 e. The van der Waals surface area contributed by atoms with Gasteiger partial charge in [0.05, 0.1) is 11.5 Å². The van der Waals surface area contributed by atoms with Crippen molar-refractivity contribution in [1.82, 2.24) is 0 Å². The molecule has 1 amide bonds. The van der Waals surface area contributed by atoms with Gasteiger partial charge < -0.3 is 4.90 Å². The van der Waals surface area contributed by atoms with E-state index in [9.17, 15) is 19.7 Å². The van der Waals surface area contributed by atoms with Crippen molar-refractivity contribution < 1.29 is 14.5 Å². The Morgan fingerprint density at radius 3 is 2.80 bits per heavy atom. The van der Waals surface area contributed by atoms with Crippen LogP contribution in [0.4, 0.5) is 11.4 Å². The maximum Gasteiger partial charge on any atom is 0.269 e. The SMILES string of the molecule is CCCC(=O)CN1C(=O)CCc2cc([N+](=O)[O-])ccc21. The standard InChI is InChI=1S/C14H16N2O4/c1-2-3-12(17)9-15-13-6-5-11(16(19)20)8-10(13)4-7-14(15)18/h5-6,8H,2-4,7,9H2,1H3. The lowest BCUT2D eigenvalue weighted by atomic mass is 10.00. The number of fused-ring (bicyclic) bond motifs is 1. The molecule has 0 fully saturated rings. The molecule has 1 aromatic carbocycles. The van der Waals surface area contributed by atoms with Crippen LogP contribution in [0.15, 0.2) is 18.2 Å². The predicted octanol–water partition coefficient (Wildman–Crippen LogP) is 2.24. The number of rotatable bonds is 5. The third-order valence-corrected chi connectivity index (χ3v) is 3.34. The molecule has 2 rings (SSSR count). The molecule has 0 radical (unpaired) electrons. The Balaban J connectivity index is 2.29. The summed E-state index contributed by atoms with van der Waals surface area (Å²) in [6.45, 7) is 1.96. The van der Waals surface area contributed by atoms with E-state index in [1.807, 2.05) is 6.92 Å². The first-order valence-corrected chi connectivity index (χ1v) is 6.62. The minimum absolute atomic E-state index is 0.00653. The molecular formula is C14H16N2O4. The summed E-state index contributed by atoms with van der Waals surface area (Å²) in [7, 11) is 0. The van der Waals surface area contributed by atoms with Crippen LogP contribution in [0.1, 0.15) is 31.7 Å². The summed E-state index contributed by atoms with van der Waals surface area (Å²) in [5, 5.41) is 10.8. The molecule has 6 heteroatoms. The molecule has 1 aromatic rings. The maximum atomic E-state index is 12.0. The fourth-order valence-corrected chi connectivity index (χ4v) is 2.37. The number of carbonyl (C=O) groups excluding carboxylic acids is 2. The molecule has 1 aliphatic rings. The van der Waals surface area contributed by atoms with Gasteiger partial charge in [0.15, 0.2) is 5.78 Å². The lowest BCUT2D eigenvalue weighted by Gasteiger charge is -2.28. The molecule has 0 aliphatic carbocycles. The van der Waals surface area contributed by atoms with Gasteiger partial charge in [-0.05, 0) is 24.5 Å². The number of non-ortho nitro benzene ring substituents is 1. The van der Waals surface area contributed by atoms with Crippen LogP contribution >= 0.6 is 0 Å². The number of benzene rings is 1. The van der Waals surface area contributed by atoms with Gasteiger partial charge in [-0.2, -0.15) is 0 Å². The number of nitro benzene ring substituents is 1. The van der Waals surface area contributed by atoms with E-state index in [2.05, 4.69) is 0 Å². The Morgan fingerprint density at radius 1 is 1.40 bits per heavy atom. The number of Topliss-reactive ketones (excluding diaryl/α,β-unsaturated/α-hetero) is 1. The molecular weight excluding hydrogens is 260 g/mol. The van der Waals surface area contributed by atoms with Gasteiger partial charge in [-0.25, -0.2) is 0 Å². The molecule has 0 saturated carbocycles. The quantitative estimate of drug-likeness (QED) is 0.610. The Hall–Kier alpha value is -2.24. The fraction of sp³-hybridized carbons (Fsp3) is 0.429. The smallest absolute Gasteiger partial charge is 0.269 e. The number of carbonyl (C=O) groups is 2. The molecule has 0 bridgehead atoms. The number of amides is 1. The predicted molar refractivity (Wildman–Crippen MR) is 73.7 cm³/mol. The van der Waals surface area contributed by atoms with Crippen LogP contribution in [0.25, 0.3) is 0 Å². The van der Waals surface area contributed by atoms with Gasteiger partial charge in [-0.1, -0.05) is 6.92 Å². The van der Waals surface area contributed by atoms with E-state index in [1.165, 1.54) is 17.0 Å². The summed E-state index contributed by atoms with van der Waals surface area (Å²) >= 11 is 0. The molecule has 1 aliphatic heterocycles. The highest BCUT2D eigenvalue weighted by Gasteiger charge is 2.27. The van der Waals surface area contributed by atoms with Gasteiger partial charge in [-0.3, -0.25) is 19.7 Å². The summed E-state index contributed by atoms with van der Waals surface area (Å²) in [6, 6.07) is 4.41. The van der Waals surface area contributed by atoms with Crippen LogP contribution in [-0.2, 0) is 16.0 Å². The number of hydrogen-bond donors (Lipinski definition) is 0. The summed E-state index contributed by atoms with van der Waals surface area (Å²) < 4.78 is 0. The van der Waals surface area contributed by atoms with Crippen LogP contribution in [-0.4, -0.2) is 23.2 Å². The fourth-order valence-electron chi connectivity index (χ4n) is 2.37. The Morgan fingerprint density at radius 2 is 2.15 bits per heavy atom. The topological polar surface area (TPSA) is 80.5 Å². The number of nitro groups is 1. The molecule has 0 spiro atoms. The number of aryl methyl sites for hydroxylation is 1. The van der Waals surface area contributed by atoms with Crippen LogP contribution < -0.4 is 4.90 Å². The van der Waals surface area contributed by atoms with E-state index < -0.39 is 4.92 Å². The van der Waals surface area contributed by atoms with Gasteiger partial charge in [0, 0.05) is 30.7 Å². The number of hydrogen-bond acceptors (Lipinski definition) is 4. The van der Waals surface area contributed by atoms with Crippen LogP contribution in [0.3, 0.4) is 0 Å². The second-order valence-electron chi connectivity index (χ2n) is 4.84. The lowest BCUT2D eigenvalue weighted by Crippen LogP contribution is -2.39. The normalized spacial score (nSPS) is 14.1. The van der Waals surface area contributed by atoms with Crippen molar-refractivity contribution in [2.75, 3.05) is 11.4 Å². The first-order valence-electron chi connectivity index (χ1n) is 6.62. The van der Waals surface area contributed by atoms with Crippen molar-refractivity contribution in [3.63, 3.8) is 0 Å². The van der Waals surface area contributed by atoms with Gasteiger partial charge in [0.25, 0.3) is 5.69 Å². The molecule has 0 atom stereocenters. The largest absolute Gasteiger partial charge is 0.305 e. The van der Waals surface area contributed by atoms with Gasteiger partial charge in [-0.15, -0.1) is 0 Å². The zero-order valence-corrected chi connectivity index (χ0v) is 11.3. The summed E-state index contributed by atoms with van der Waals surface area (Å²) in [5.74, 6) is -0.0946. The van der Waals surface area contributed by atoms with Crippen molar-refractivity contribution in [3.05, 3.63) is 33.9 Å². The summed E-state index contributed by atoms with van der Waals surface area (Å²) in [6.07, 6.45) is 1.95. The number of anilines is 1. The lowest BCUT2D eigenvalue weighted by molar-refractivity contribution is -0.384. The minimum atomic E-state index is -0.455. The van der Waals surface area contributed by atoms with Crippen molar-refractivity contribution >= 4 is 23.1 Å². The van der Waals surface area contributed by atoms with Crippen LogP contribution in [0.2, 0.25) is 0 Å². The van der Waals surface area contributed by atoms with Gasteiger partial charge >= 0.3 is 0 Å². The van der Waals surface area contributed by atoms with Gasteiger partial charge in [0.1, 0.15) is 0 Å². The Labute approximate surface area is 116 Å². The van der Waals surface area contributed by atoms with Gasteiger partial charge in [0.2, 0.25) is 5.91 Å². The number of ketones is 1. The average molecular weight is 276 g/mol. The zero-order chi connectivity index (χ0) is 14.7. The van der Waals surface area contributed by atoms with Crippen LogP contribution in [0.5, 0.6) is 0 Å². The highest BCUT2D eigenvalue weighted by molar-refractivity contribution is 6.01. The van der Waals surface area contributed by atoms with Crippen molar-refractivity contribution in [3.8, 4) is 0 Å². The van der Waals surface area contributed by atoms with Crippen molar-refractivity contribution in [2.45, 2.75) is 32.6 Å². The molecule has 0 unspecified atom stereocenters. The zero-order valence-electron chi connectivity index (χ0n) is 11.3. The van der Waals surface area contributed by atoms with Crippen molar-refractivity contribution in [1.29, 1.82) is 0 Å². The Bertz CT molecular complexity index is 568. The highest BCUT2D eigenvalue weighted by atomic mass is 16.6. The average Bonchev–Trinajstić information content (AvgIpc) is 2.41. The van der Waals surface area contributed by atoms with Crippen LogP contribution in [0, 0.1) is 10.1 Å². The maximum absolute atomic E-state index is 12.0. The molecule has 6 nitrogen and oxygen atoms in total. The molecule has 106 valence electrons. The third kappa shape index (κ3) is 2.84. The highest BCUT2D eigenvalue weighted by Crippen LogP contribution is 2.30. The summed E-state index contributed by atoms with van der Waals surface area (Å²) in [5.41, 5.74) is 1.39.